The summed E-state index contributed by atoms with van der Waals surface area (Å²) in [6, 6.07) is 20.1. The van der Waals surface area contributed by atoms with Crippen molar-refractivity contribution in [3.05, 3.63) is 102 Å². The molecular formula is C28H28Cl2OZr. The predicted octanol–water partition coefficient (Wildman–Crippen LogP) is 8.00. The van der Waals surface area contributed by atoms with Gasteiger partial charge in [-0.3, -0.25) is 0 Å². The van der Waals surface area contributed by atoms with Crippen LogP contribution in [0.5, 0.6) is 0 Å². The number of hydrogen-bond donors (Lipinski definition) is 0. The Kier molecular flexibility index (Phi) is 11.7. The maximum absolute atomic E-state index is 4.93. The van der Waals surface area contributed by atoms with Crippen molar-refractivity contribution in [3.63, 3.8) is 0 Å². The Balaban J connectivity index is 0.000000173. The van der Waals surface area contributed by atoms with Crippen molar-refractivity contribution in [1.29, 1.82) is 0 Å². The molecule has 0 N–H and O–H groups in total. The van der Waals surface area contributed by atoms with E-state index < -0.39 is 0 Å². The van der Waals surface area contributed by atoms with Crippen molar-refractivity contribution in [2.75, 3.05) is 0 Å². The van der Waals surface area contributed by atoms with Crippen LogP contribution < -0.4 is 0 Å². The van der Waals surface area contributed by atoms with Crippen LogP contribution in [-0.4, -0.2) is 3.21 Å². The largest absolute Gasteiger partial charge is 0.179 e. The Labute approximate surface area is 219 Å². The summed E-state index contributed by atoms with van der Waals surface area (Å²) in [6.45, 7) is 0. The van der Waals surface area contributed by atoms with Crippen molar-refractivity contribution in [1.82, 2.24) is 0 Å². The van der Waals surface area contributed by atoms with Crippen molar-refractivity contribution in [2.24, 2.45) is 0 Å². The molecule has 0 radical (unpaired) electrons. The van der Waals surface area contributed by atoms with Crippen LogP contribution in [0.25, 0.3) is 16.7 Å². The summed E-state index contributed by atoms with van der Waals surface area (Å²) in [4.78, 5) is 0. The van der Waals surface area contributed by atoms with Crippen LogP contribution in [0.3, 0.4) is 0 Å². The van der Waals surface area contributed by atoms with Crippen molar-refractivity contribution in [3.8, 4) is 11.1 Å². The van der Waals surface area contributed by atoms with E-state index in [0.717, 1.165) is 24.0 Å². The third kappa shape index (κ3) is 7.27. The van der Waals surface area contributed by atoms with Crippen LogP contribution in [0.2, 0.25) is 0 Å². The topological polar surface area (TPSA) is 13.1 Å². The molecule has 2 aromatic carbocycles. The van der Waals surface area contributed by atoms with Crippen molar-refractivity contribution in [2.45, 2.75) is 44.9 Å². The minimum Gasteiger partial charge on any atom is -0.179 e. The summed E-state index contributed by atoms with van der Waals surface area (Å²) in [5, 5.41) is 0. The second kappa shape index (κ2) is 13.9. The Morgan fingerprint density at radius 2 is 1.66 bits per heavy atom. The molecule has 0 bridgehead atoms. The molecule has 0 unspecified atom stereocenters. The van der Waals surface area contributed by atoms with Crippen molar-refractivity contribution >= 4 is 33.6 Å². The average molecular weight is 543 g/mol. The standard InChI is InChI=1S/C13H9.C9H7O.C6H10.2ClH.Zr/c1-3-7-12-10(5-1)9-11-6-2-4-8-13(11)12;1-2-4-8(3-1)9-5-6-10-7-9;1-2-4-6-5-3-1;;;/h1-5,7-8H,9H2;1,3,5-7H,2H2;1-5H2;2*1H;/q2*-1;;;;+2. The molecule has 3 aromatic rings. The van der Waals surface area contributed by atoms with Gasteiger partial charge in [0.05, 0.1) is 6.26 Å². The third-order valence-electron chi connectivity index (χ3n) is 5.60. The zero-order valence-electron chi connectivity index (χ0n) is 18.1. The first-order valence-electron chi connectivity index (χ1n) is 10.8. The summed E-state index contributed by atoms with van der Waals surface area (Å²) in [6.07, 6.45) is 20.1. The van der Waals surface area contributed by atoms with Gasteiger partial charge in [-0.2, -0.15) is 47.6 Å². The Bertz CT molecular complexity index is 999. The van der Waals surface area contributed by atoms with E-state index in [1.54, 1.807) is 40.0 Å². The minimum absolute atomic E-state index is 0. The summed E-state index contributed by atoms with van der Waals surface area (Å²) in [5.74, 6) is 0. The van der Waals surface area contributed by atoms with E-state index in [2.05, 4.69) is 60.7 Å². The number of benzene rings is 2. The summed E-state index contributed by atoms with van der Waals surface area (Å²) < 4.78 is 6.74. The second-order valence-corrected chi connectivity index (χ2v) is 9.51. The maximum Gasteiger partial charge on any atom is -0.0253 e. The number of hydrogen-bond acceptors (Lipinski definition) is 1. The van der Waals surface area contributed by atoms with Gasteiger partial charge in [0.1, 0.15) is 0 Å². The summed E-state index contributed by atoms with van der Waals surface area (Å²) in [5.41, 5.74) is 7.78. The smallest absolute Gasteiger partial charge is 0.0253 e. The van der Waals surface area contributed by atoms with E-state index in [0.29, 0.717) is 0 Å². The fourth-order valence-electron chi connectivity index (χ4n) is 4.00. The third-order valence-corrected chi connectivity index (χ3v) is 6.83. The van der Waals surface area contributed by atoms with Crippen LogP contribution in [-0.2, 0) is 30.7 Å². The molecule has 0 spiro atoms. The van der Waals surface area contributed by atoms with Crippen LogP contribution in [0.4, 0.5) is 0 Å². The molecular weight excluding hydrogens is 514 g/mol. The summed E-state index contributed by atoms with van der Waals surface area (Å²) in [7, 11) is 0. The number of fused-ring (bicyclic) bond motifs is 3. The molecule has 164 valence electrons. The zero-order chi connectivity index (χ0) is 20.6. The summed E-state index contributed by atoms with van der Waals surface area (Å²) >= 11 is 1.69. The van der Waals surface area contributed by atoms with Crippen LogP contribution in [0.15, 0.2) is 77.6 Å². The SMILES string of the molecule is Cl.Cl.[C-]1=C(c2ccoc2)C=CC1.[Zr+2]=[C]1CCCCC1.[c-]1cccc2c1Cc1ccccc1-2. The number of allylic oxidation sites excluding steroid dienone is 4. The zero-order valence-corrected chi connectivity index (χ0v) is 22.2. The van der Waals surface area contributed by atoms with E-state index in [-0.39, 0.29) is 24.8 Å². The predicted molar refractivity (Wildman–Crippen MR) is 135 cm³/mol. The molecule has 6 rings (SSSR count). The molecule has 3 aliphatic carbocycles. The first kappa shape index (κ1) is 26.8. The normalized spacial score (nSPS) is 14.9. The van der Waals surface area contributed by atoms with Gasteiger partial charge in [0.2, 0.25) is 0 Å². The van der Waals surface area contributed by atoms with Crippen LogP contribution >= 0.6 is 24.8 Å². The second-order valence-electron chi connectivity index (χ2n) is 7.77. The Hall–Kier alpha value is -1.47. The van der Waals surface area contributed by atoms with E-state index in [1.165, 1.54) is 54.4 Å². The molecule has 1 nitrogen and oxygen atoms in total. The van der Waals surface area contributed by atoms with E-state index in [9.17, 15) is 0 Å². The Morgan fingerprint density at radius 3 is 2.31 bits per heavy atom. The van der Waals surface area contributed by atoms with Gasteiger partial charge >= 0.3 is 59.5 Å². The van der Waals surface area contributed by atoms with E-state index in [1.807, 2.05) is 12.1 Å². The number of furan rings is 1. The minimum atomic E-state index is 0. The fraction of sp³-hybridized carbons (Fsp3) is 0.250. The first-order chi connectivity index (χ1) is 14.8. The van der Waals surface area contributed by atoms with Gasteiger partial charge in [-0.15, -0.1) is 36.5 Å². The van der Waals surface area contributed by atoms with Crippen molar-refractivity contribution < 1.29 is 28.7 Å². The van der Waals surface area contributed by atoms with Gasteiger partial charge in [-0.1, -0.05) is 53.4 Å². The maximum atomic E-state index is 4.93. The van der Waals surface area contributed by atoms with E-state index in [4.69, 9.17) is 4.42 Å². The fourth-order valence-corrected chi connectivity index (χ4v) is 4.87. The molecule has 32 heavy (non-hydrogen) atoms. The molecule has 4 heteroatoms. The average Bonchev–Trinajstić information content (AvgIpc) is 3.55. The quantitative estimate of drug-likeness (QED) is 0.222. The van der Waals surface area contributed by atoms with Gasteiger partial charge < -0.3 is 4.42 Å². The molecule has 0 aliphatic heterocycles. The van der Waals surface area contributed by atoms with Gasteiger partial charge in [-0.05, 0) is 6.42 Å². The molecule has 0 saturated heterocycles. The van der Waals surface area contributed by atoms with Crippen LogP contribution in [0.1, 0.15) is 55.2 Å². The molecule has 1 fully saturated rings. The molecule has 1 aromatic heterocycles. The van der Waals surface area contributed by atoms with Gasteiger partial charge in [-0.25, -0.2) is 0 Å². The molecule has 1 saturated carbocycles. The molecule has 1 heterocycles. The number of rotatable bonds is 1. The van der Waals surface area contributed by atoms with Gasteiger partial charge in [0.25, 0.3) is 0 Å². The Morgan fingerprint density at radius 1 is 0.875 bits per heavy atom. The van der Waals surface area contributed by atoms with E-state index >= 15 is 0 Å². The monoisotopic (exact) mass is 540 g/mol. The molecule has 0 atom stereocenters. The molecule has 0 amide bonds. The number of halogens is 2. The van der Waals surface area contributed by atoms with Crippen LogP contribution in [0, 0.1) is 12.1 Å². The molecule has 3 aliphatic rings. The van der Waals surface area contributed by atoms with Gasteiger partial charge in [0.15, 0.2) is 0 Å². The first-order valence-corrected chi connectivity index (χ1v) is 12.0. The van der Waals surface area contributed by atoms with Gasteiger partial charge in [0, 0.05) is 6.26 Å².